The van der Waals surface area contributed by atoms with Crippen molar-refractivity contribution < 1.29 is 18.7 Å². The molecule has 0 aliphatic carbocycles. The lowest BCUT2D eigenvalue weighted by atomic mass is 10.1. The lowest BCUT2D eigenvalue weighted by molar-refractivity contribution is 0.0697. The first-order valence-electron chi connectivity index (χ1n) is 6.30. The predicted molar refractivity (Wildman–Crippen MR) is 74.3 cm³/mol. The van der Waals surface area contributed by atoms with Crippen LogP contribution >= 0.6 is 0 Å². The number of hydrogen-bond acceptors (Lipinski definition) is 3. The highest BCUT2D eigenvalue weighted by Gasteiger charge is 2.16. The number of aryl methyl sites for hydroxylation is 1. The predicted octanol–water partition coefficient (Wildman–Crippen LogP) is 3.54. The lowest BCUT2D eigenvalue weighted by Gasteiger charge is -2.17. The zero-order chi connectivity index (χ0) is 15.6. The van der Waals surface area contributed by atoms with Crippen molar-refractivity contribution in [2.75, 3.05) is 5.32 Å². The molecular weight excluding hydrogens is 278 g/mol. The van der Waals surface area contributed by atoms with E-state index in [-0.39, 0.29) is 23.2 Å². The Bertz CT molecular complexity index is 689. The third-order valence-electron chi connectivity index (χ3n) is 3.13. The molecule has 110 valence electrons. The van der Waals surface area contributed by atoms with Gasteiger partial charge < -0.3 is 10.4 Å². The monoisotopic (exact) mass is 292 g/mol. The quantitative estimate of drug-likeness (QED) is 0.904. The first kappa shape index (κ1) is 14.9. The largest absolute Gasteiger partial charge is 0.478 e. The van der Waals surface area contributed by atoms with Crippen LogP contribution in [-0.2, 0) is 0 Å². The Labute approximate surface area is 120 Å². The maximum atomic E-state index is 13.6. The number of carbonyl (C=O) groups is 1. The van der Waals surface area contributed by atoms with E-state index in [1.807, 2.05) is 0 Å². The number of aromatic nitrogens is 1. The van der Waals surface area contributed by atoms with E-state index in [2.05, 4.69) is 10.3 Å². The van der Waals surface area contributed by atoms with Crippen LogP contribution in [0.15, 0.2) is 30.5 Å². The Balaban J connectivity index is 2.29. The zero-order valence-corrected chi connectivity index (χ0v) is 11.5. The number of benzene rings is 1. The summed E-state index contributed by atoms with van der Waals surface area (Å²) in [6.07, 6.45) is 0.928. The van der Waals surface area contributed by atoms with Crippen molar-refractivity contribution in [2.45, 2.75) is 19.9 Å². The summed E-state index contributed by atoms with van der Waals surface area (Å²) in [5, 5.41) is 11.9. The highest BCUT2D eigenvalue weighted by Crippen LogP contribution is 2.22. The van der Waals surface area contributed by atoms with E-state index >= 15 is 0 Å². The summed E-state index contributed by atoms with van der Waals surface area (Å²) < 4.78 is 26.6. The van der Waals surface area contributed by atoms with Crippen molar-refractivity contribution in [1.29, 1.82) is 0 Å². The van der Waals surface area contributed by atoms with Crippen LogP contribution in [-0.4, -0.2) is 16.1 Å². The molecule has 0 fully saturated rings. The van der Waals surface area contributed by atoms with Crippen molar-refractivity contribution in [3.05, 3.63) is 58.8 Å². The Kier molecular flexibility index (Phi) is 4.16. The fourth-order valence-electron chi connectivity index (χ4n) is 1.88. The number of aromatic carboxylic acids is 1. The average Bonchev–Trinajstić information content (AvgIpc) is 2.43. The summed E-state index contributed by atoms with van der Waals surface area (Å²) in [5.41, 5.74) is 0.895. The van der Waals surface area contributed by atoms with Crippen LogP contribution in [0.5, 0.6) is 0 Å². The SMILES string of the molecule is Cc1ccc(C(C)Nc2ncc(F)cc2C(=O)O)cc1F. The van der Waals surface area contributed by atoms with Gasteiger partial charge in [0.05, 0.1) is 12.2 Å². The smallest absolute Gasteiger partial charge is 0.339 e. The van der Waals surface area contributed by atoms with E-state index in [0.29, 0.717) is 11.1 Å². The molecule has 0 radical (unpaired) electrons. The van der Waals surface area contributed by atoms with Gasteiger partial charge in [-0.25, -0.2) is 18.6 Å². The summed E-state index contributed by atoms with van der Waals surface area (Å²) in [7, 11) is 0. The molecule has 0 aliphatic rings. The minimum Gasteiger partial charge on any atom is -0.478 e. The summed E-state index contributed by atoms with van der Waals surface area (Å²) in [6, 6.07) is 5.26. The molecule has 0 spiro atoms. The maximum Gasteiger partial charge on any atom is 0.339 e. The van der Waals surface area contributed by atoms with Crippen LogP contribution in [0.2, 0.25) is 0 Å². The van der Waals surface area contributed by atoms with Crippen LogP contribution in [0.3, 0.4) is 0 Å². The van der Waals surface area contributed by atoms with Crippen molar-refractivity contribution in [3.63, 3.8) is 0 Å². The van der Waals surface area contributed by atoms with E-state index < -0.39 is 11.8 Å². The Morgan fingerprint density at radius 2 is 2.05 bits per heavy atom. The normalized spacial score (nSPS) is 12.0. The van der Waals surface area contributed by atoms with Gasteiger partial charge in [0.2, 0.25) is 0 Å². The fourth-order valence-corrected chi connectivity index (χ4v) is 1.88. The summed E-state index contributed by atoms with van der Waals surface area (Å²) >= 11 is 0. The number of rotatable bonds is 4. The molecule has 4 nitrogen and oxygen atoms in total. The molecule has 0 saturated heterocycles. The summed E-state index contributed by atoms with van der Waals surface area (Å²) in [4.78, 5) is 14.8. The van der Waals surface area contributed by atoms with Crippen molar-refractivity contribution in [3.8, 4) is 0 Å². The molecule has 6 heteroatoms. The maximum absolute atomic E-state index is 13.6. The Morgan fingerprint density at radius 3 is 2.67 bits per heavy atom. The van der Waals surface area contributed by atoms with Crippen molar-refractivity contribution in [2.24, 2.45) is 0 Å². The molecule has 2 rings (SSSR count). The van der Waals surface area contributed by atoms with Gasteiger partial charge in [-0.15, -0.1) is 0 Å². The van der Waals surface area contributed by atoms with E-state index in [1.165, 1.54) is 6.07 Å². The topological polar surface area (TPSA) is 62.2 Å². The summed E-state index contributed by atoms with van der Waals surface area (Å²) in [5.74, 6) is -2.32. The fraction of sp³-hybridized carbons (Fsp3) is 0.200. The zero-order valence-electron chi connectivity index (χ0n) is 11.5. The van der Waals surface area contributed by atoms with Gasteiger partial charge in [0.15, 0.2) is 0 Å². The lowest BCUT2D eigenvalue weighted by Crippen LogP contribution is -2.13. The molecule has 0 saturated carbocycles. The second-order valence-electron chi connectivity index (χ2n) is 4.73. The van der Waals surface area contributed by atoms with Crippen LogP contribution in [0.4, 0.5) is 14.6 Å². The minimum atomic E-state index is -1.29. The first-order chi connectivity index (χ1) is 9.88. The van der Waals surface area contributed by atoms with Crippen LogP contribution in [0.25, 0.3) is 0 Å². The number of pyridine rings is 1. The van der Waals surface area contributed by atoms with Gasteiger partial charge >= 0.3 is 5.97 Å². The molecule has 1 atom stereocenters. The highest BCUT2D eigenvalue weighted by atomic mass is 19.1. The molecule has 1 aromatic heterocycles. The number of nitrogens with one attached hydrogen (secondary N) is 1. The molecule has 1 heterocycles. The second-order valence-corrected chi connectivity index (χ2v) is 4.73. The third-order valence-corrected chi connectivity index (χ3v) is 3.13. The molecule has 2 aromatic rings. The molecule has 1 aromatic carbocycles. The summed E-state index contributed by atoms with van der Waals surface area (Å²) in [6.45, 7) is 3.39. The van der Waals surface area contributed by atoms with Gasteiger partial charge in [0.25, 0.3) is 0 Å². The molecule has 0 amide bonds. The molecule has 1 unspecified atom stereocenters. The van der Waals surface area contributed by atoms with Gasteiger partial charge in [0, 0.05) is 0 Å². The average molecular weight is 292 g/mol. The highest BCUT2D eigenvalue weighted by molar-refractivity contribution is 5.93. The Morgan fingerprint density at radius 1 is 1.33 bits per heavy atom. The van der Waals surface area contributed by atoms with E-state index in [1.54, 1.807) is 26.0 Å². The number of nitrogens with zero attached hydrogens (tertiary/aromatic N) is 1. The standard InChI is InChI=1S/C15H14F2N2O2/c1-8-3-4-10(5-13(8)17)9(2)19-14-12(15(20)21)6-11(16)7-18-14/h3-7,9H,1-2H3,(H,18,19)(H,20,21). The van der Waals surface area contributed by atoms with Gasteiger partial charge in [0.1, 0.15) is 23.0 Å². The van der Waals surface area contributed by atoms with Crippen molar-refractivity contribution in [1.82, 2.24) is 4.98 Å². The number of halogens is 2. The molecule has 0 bridgehead atoms. The van der Waals surface area contributed by atoms with Crippen LogP contribution in [0, 0.1) is 18.6 Å². The Hall–Kier alpha value is -2.50. The van der Waals surface area contributed by atoms with E-state index in [4.69, 9.17) is 5.11 Å². The third kappa shape index (κ3) is 3.34. The van der Waals surface area contributed by atoms with Crippen LogP contribution in [0.1, 0.15) is 34.5 Å². The van der Waals surface area contributed by atoms with Gasteiger partial charge in [-0.05, 0) is 37.1 Å². The van der Waals surface area contributed by atoms with Crippen LogP contribution < -0.4 is 5.32 Å². The number of carboxylic acids is 1. The number of carboxylic acid groups (broad SMARTS) is 1. The van der Waals surface area contributed by atoms with Gasteiger partial charge in [-0.1, -0.05) is 12.1 Å². The first-order valence-corrected chi connectivity index (χ1v) is 6.30. The van der Waals surface area contributed by atoms with E-state index in [0.717, 1.165) is 12.3 Å². The number of hydrogen-bond donors (Lipinski definition) is 2. The molecule has 21 heavy (non-hydrogen) atoms. The number of anilines is 1. The van der Waals surface area contributed by atoms with Crippen molar-refractivity contribution >= 4 is 11.8 Å². The van der Waals surface area contributed by atoms with E-state index in [9.17, 15) is 13.6 Å². The molecular formula is C15H14F2N2O2. The molecule has 2 N–H and O–H groups in total. The minimum absolute atomic E-state index is 0.0392. The van der Waals surface area contributed by atoms with Gasteiger partial charge in [-0.3, -0.25) is 0 Å². The second kappa shape index (κ2) is 5.87. The van der Waals surface area contributed by atoms with Gasteiger partial charge in [-0.2, -0.15) is 0 Å². The molecule has 0 aliphatic heterocycles.